The van der Waals surface area contributed by atoms with Crippen molar-refractivity contribution in [3.63, 3.8) is 0 Å². The molecule has 0 aliphatic rings. The Morgan fingerprint density at radius 1 is 1.48 bits per heavy atom. The molecule has 0 aliphatic carbocycles. The summed E-state index contributed by atoms with van der Waals surface area (Å²) in [6.45, 7) is 2.21. The van der Waals surface area contributed by atoms with E-state index in [1.54, 1.807) is 28.1 Å². The number of methoxy groups -OCH3 is 1. The summed E-state index contributed by atoms with van der Waals surface area (Å²) < 4.78 is 6.63. The highest BCUT2D eigenvalue weighted by Crippen LogP contribution is 2.27. The van der Waals surface area contributed by atoms with Crippen LogP contribution in [0.25, 0.3) is 0 Å². The Hall–Kier alpha value is -1.79. The van der Waals surface area contributed by atoms with E-state index < -0.39 is 0 Å². The molecule has 1 N–H and O–H groups in total. The van der Waals surface area contributed by atoms with E-state index in [0.717, 1.165) is 17.0 Å². The van der Waals surface area contributed by atoms with Gasteiger partial charge >= 0.3 is 4.87 Å². The highest BCUT2D eigenvalue weighted by atomic mass is 35.5. The Morgan fingerprint density at radius 2 is 2.24 bits per heavy atom. The molecule has 0 bridgehead atoms. The molecule has 1 heterocycles. The molecule has 0 radical (unpaired) electrons. The fourth-order valence-electron chi connectivity index (χ4n) is 1.86. The van der Waals surface area contributed by atoms with Crippen molar-refractivity contribution in [2.75, 3.05) is 12.4 Å². The van der Waals surface area contributed by atoms with Crippen LogP contribution < -0.4 is 14.9 Å². The third-order valence-corrected chi connectivity index (χ3v) is 4.15. The Bertz CT molecular complexity index is 708. The van der Waals surface area contributed by atoms with E-state index in [2.05, 4.69) is 5.32 Å². The normalized spacial score (nSPS) is 10.4. The highest BCUT2D eigenvalue weighted by molar-refractivity contribution is 7.07. The Balaban J connectivity index is 1.96. The molecule has 0 saturated carbocycles. The number of nitrogens with one attached hydrogen (secondary N) is 1. The summed E-state index contributed by atoms with van der Waals surface area (Å²) >= 11 is 7.13. The van der Waals surface area contributed by atoms with E-state index in [9.17, 15) is 9.59 Å². The van der Waals surface area contributed by atoms with Gasteiger partial charge in [-0.1, -0.05) is 22.9 Å². The summed E-state index contributed by atoms with van der Waals surface area (Å²) in [4.78, 5) is 23.4. The van der Waals surface area contributed by atoms with E-state index in [4.69, 9.17) is 16.3 Å². The van der Waals surface area contributed by atoms with Crippen LogP contribution in [-0.2, 0) is 11.3 Å². The second-order valence-corrected chi connectivity index (χ2v) is 5.67. The van der Waals surface area contributed by atoms with E-state index in [1.165, 1.54) is 7.11 Å². The van der Waals surface area contributed by atoms with Crippen LogP contribution in [0.2, 0.25) is 5.02 Å². The molecule has 0 fully saturated rings. The lowest BCUT2D eigenvalue weighted by atomic mass is 10.3. The molecule has 1 amide bonds. The van der Waals surface area contributed by atoms with Crippen molar-refractivity contribution in [3.05, 3.63) is 44.0 Å². The number of hydrogen-bond acceptors (Lipinski definition) is 4. The number of thiazole rings is 1. The topological polar surface area (TPSA) is 60.3 Å². The number of aryl methyl sites for hydroxylation is 1. The minimum Gasteiger partial charge on any atom is -0.495 e. The Kier molecular flexibility index (Phi) is 5.03. The number of carbonyl (C=O) groups is 1. The maximum atomic E-state index is 11.9. The Morgan fingerprint density at radius 3 is 2.81 bits per heavy atom. The summed E-state index contributed by atoms with van der Waals surface area (Å²) in [5, 5.41) is 4.96. The standard InChI is InChI=1S/C14H15ClN2O3S/c1-9-8-21-14(19)17(9)6-5-13(18)16-10-3-4-12(20-2)11(15)7-10/h3-4,7-8H,5-6H2,1-2H3,(H,16,18). The van der Waals surface area contributed by atoms with Gasteiger partial charge in [0.05, 0.1) is 12.1 Å². The van der Waals surface area contributed by atoms with Crippen LogP contribution in [0.5, 0.6) is 5.75 Å². The zero-order valence-electron chi connectivity index (χ0n) is 11.7. The molecule has 21 heavy (non-hydrogen) atoms. The molecule has 0 atom stereocenters. The highest BCUT2D eigenvalue weighted by Gasteiger charge is 2.08. The molecule has 0 unspecified atom stereocenters. The quantitative estimate of drug-likeness (QED) is 0.919. The van der Waals surface area contributed by atoms with E-state index in [-0.39, 0.29) is 17.2 Å². The van der Waals surface area contributed by atoms with Gasteiger partial charge < -0.3 is 14.6 Å². The van der Waals surface area contributed by atoms with Crippen LogP contribution in [-0.4, -0.2) is 17.6 Å². The molecule has 2 aromatic rings. The number of nitrogens with zero attached hydrogens (tertiary/aromatic N) is 1. The number of benzene rings is 1. The largest absolute Gasteiger partial charge is 0.495 e. The first-order valence-corrected chi connectivity index (χ1v) is 7.55. The number of rotatable bonds is 5. The molecular weight excluding hydrogens is 312 g/mol. The fraction of sp³-hybridized carbons (Fsp3) is 0.286. The van der Waals surface area contributed by atoms with Crippen LogP contribution in [0.4, 0.5) is 5.69 Å². The monoisotopic (exact) mass is 326 g/mol. The van der Waals surface area contributed by atoms with Crippen molar-refractivity contribution in [1.29, 1.82) is 0 Å². The van der Waals surface area contributed by atoms with Crippen molar-refractivity contribution in [1.82, 2.24) is 4.57 Å². The molecule has 112 valence electrons. The third kappa shape index (κ3) is 3.86. The van der Waals surface area contributed by atoms with Crippen LogP contribution >= 0.6 is 22.9 Å². The predicted octanol–water partition coefficient (Wildman–Crippen LogP) is 2.91. The number of ether oxygens (including phenoxy) is 1. The van der Waals surface area contributed by atoms with Gasteiger partial charge in [0.25, 0.3) is 0 Å². The number of anilines is 1. The maximum absolute atomic E-state index is 11.9. The second kappa shape index (κ2) is 6.78. The van der Waals surface area contributed by atoms with Gasteiger partial charge in [-0.25, -0.2) is 0 Å². The molecule has 1 aromatic carbocycles. The molecule has 0 saturated heterocycles. The van der Waals surface area contributed by atoms with Gasteiger partial charge in [0.15, 0.2) is 0 Å². The first kappa shape index (κ1) is 15.6. The van der Waals surface area contributed by atoms with Crippen LogP contribution in [0.1, 0.15) is 12.1 Å². The van der Waals surface area contributed by atoms with E-state index in [0.29, 0.717) is 23.0 Å². The average Bonchev–Trinajstić information content (AvgIpc) is 2.76. The van der Waals surface area contributed by atoms with E-state index >= 15 is 0 Å². The number of hydrogen-bond donors (Lipinski definition) is 1. The van der Waals surface area contributed by atoms with Crippen molar-refractivity contribution in [2.24, 2.45) is 0 Å². The van der Waals surface area contributed by atoms with Crippen molar-refractivity contribution >= 4 is 34.5 Å². The molecule has 1 aromatic heterocycles. The molecule has 7 heteroatoms. The Labute approximate surface area is 131 Å². The lowest BCUT2D eigenvalue weighted by molar-refractivity contribution is -0.116. The van der Waals surface area contributed by atoms with Gasteiger partial charge in [-0.05, 0) is 25.1 Å². The zero-order valence-corrected chi connectivity index (χ0v) is 13.3. The summed E-state index contributed by atoms with van der Waals surface area (Å²) in [5.41, 5.74) is 1.46. The molecule has 0 spiro atoms. The summed E-state index contributed by atoms with van der Waals surface area (Å²) in [7, 11) is 1.53. The van der Waals surface area contributed by atoms with Gasteiger partial charge in [0, 0.05) is 29.7 Å². The maximum Gasteiger partial charge on any atom is 0.307 e. The summed E-state index contributed by atoms with van der Waals surface area (Å²) in [6.07, 6.45) is 0.223. The van der Waals surface area contributed by atoms with Crippen molar-refractivity contribution in [3.8, 4) is 5.75 Å². The van der Waals surface area contributed by atoms with E-state index in [1.807, 2.05) is 6.92 Å². The van der Waals surface area contributed by atoms with Gasteiger partial charge in [-0.3, -0.25) is 9.59 Å². The lowest BCUT2D eigenvalue weighted by Crippen LogP contribution is -2.20. The number of carbonyl (C=O) groups excluding carboxylic acids is 1. The van der Waals surface area contributed by atoms with Crippen LogP contribution in [0, 0.1) is 6.92 Å². The second-order valence-electron chi connectivity index (χ2n) is 4.44. The van der Waals surface area contributed by atoms with Crippen molar-refractivity contribution in [2.45, 2.75) is 19.9 Å². The number of halogens is 1. The average molecular weight is 327 g/mol. The molecule has 5 nitrogen and oxygen atoms in total. The molecular formula is C14H15ClN2O3S. The fourth-order valence-corrected chi connectivity index (χ4v) is 2.87. The van der Waals surface area contributed by atoms with Gasteiger partial charge in [-0.2, -0.15) is 0 Å². The zero-order chi connectivity index (χ0) is 15.4. The minimum absolute atomic E-state index is 0.0483. The lowest BCUT2D eigenvalue weighted by Gasteiger charge is -2.08. The predicted molar refractivity (Wildman–Crippen MR) is 84.6 cm³/mol. The van der Waals surface area contributed by atoms with Gasteiger partial charge in [0.2, 0.25) is 5.91 Å². The first-order valence-electron chi connectivity index (χ1n) is 6.29. The van der Waals surface area contributed by atoms with Crippen molar-refractivity contribution < 1.29 is 9.53 Å². The van der Waals surface area contributed by atoms with Gasteiger partial charge in [-0.15, -0.1) is 0 Å². The summed E-state index contributed by atoms with van der Waals surface area (Å²) in [6, 6.07) is 5.02. The summed E-state index contributed by atoms with van der Waals surface area (Å²) in [5.74, 6) is 0.379. The number of amides is 1. The van der Waals surface area contributed by atoms with Crippen LogP contribution in [0.3, 0.4) is 0 Å². The third-order valence-electron chi connectivity index (χ3n) is 2.97. The minimum atomic E-state index is -0.172. The van der Waals surface area contributed by atoms with Gasteiger partial charge in [0.1, 0.15) is 5.75 Å². The smallest absolute Gasteiger partial charge is 0.307 e. The molecule has 0 aliphatic heterocycles. The number of aromatic nitrogens is 1. The first-order chi connectivity index (χ1) is 10.0. The van der Waals surface area contributed by atoms with Crippen LogP contribution in [0.15, 0.2) is 28.4 Å². The SMILES string of the molecule is COc1ccc(NC(=O)CCn2c(C)csc2=O)cc1Cl. The molecule has 2 rings (SSSR count).